The highest BCUT2D eigenvalue weighted by Crippen LogP contribution is 2.32. The van der Waals surface area contributed by atoms with Crippen LogP contribution in [0.4, 0.5) is 0 Å². The summed E-state index contributed by atoms with van der Waals surface area (Å²) in [6.45, 7) is 8.29. The van der Waals surface area contributed by atoms with Gasteiger partial charge >= 0.3 is 0 Å². The summed E-state index contributed by atoms with van der Waals surface area (Å²) in [5.41, 5.74) is 0.801. The molecule has 0 aliphatic carbocycles. The van der Waals surface area contributed by atoms with Crippen LogP contribution in [0, 0.1) is 5.92 Å². The van der Waals surface area contributed by atoms with Gasteiger partial charge in [0.2, 0.25) is 0 Å². The molecule has 0 saturated carbocycles. The predicted octanol–water partition coefficient (Wildman–Crippen LogP) is 3.91. The van der Waals surface area contributed by atoms with E-state index in [-0.39, 0.29) is 5.75 Å². The molecule has 5 heteroatoms. The first-order valence-corrected chi connectivity index (χ1v) is 8.34. The molecule has 0 unspecified atom stereocenters. The third-order valence-electron chi connectivity index (χ3n) is 4.16. The van der Waals surface area contributed by atoms with Gasteiger partial charge in [-0.25, -0.2) is 0 Å². The molecule has 0 aromatic heterocycles. The highest BCUT2D eigenvalue weighted by Gasteiger charge is 2.20. The molecule has 0 radical (unpaired) electrons. The quantitative estimate of drug-likeness (QED) is 0.859. The molecule has 1 heterocycles. The van der Waals surface area contributed by atoms with E-state index in [0.29, 0.717) is 28.5 Å². The van der Waals surface area contributed by atoms with Crippen molar-refractivity contribution in [1.29, 1.82) is 0 Å². The van der Waals surface area contributed by atoms with Crippen LogP contribution in [-0.4, -0.2) is 35.7 Å². The Morgan fingerprint density at radius 3 is 2.57 bits per heavy atom. The lowest BCUT2D eigenvalue weighted by molar-refractivity contribution is 0.160. The minimum Gasteiger partial charge on any atom is -0.506 e. The number of hydrogen-bond acceptors (Lipinski definition) is 3. The SMILES string of the molecule is CC(C)N(Cc1cc(Cl)cc(Cl)c1O)CC1CCNCC1. The van der Waals surface area contributed by atoms with E-state index in [1.165, 1.54) is 12.8 Å². The molecular formula is C16H24Cl2N2O. The highest BCUT2D eigenvalue weighted by molar-refractivity contribution is 6.35. The Bertz CT molecular complexity index is 474. The first-order valence-electron chi connectivity index (χ1n) is 7.59. The summed E-state index contributed by atoms with van der Waals surface area (Å²) in [6, 6.07) is 3.80. The summed E-state index contributed by atoms with van der Waals surface area (Å²) in [5, 5.41) is 14.4. The lowest BCUT2D eigenvalue weighted by Gasteiger charge is -2.33. The second kappa shape index (κ2) is 7.68. The van der Waals surface area contributed by atoms with E-state index in [1.807, 2.05) is 0 Å². The molecule has 1 aromatic carbocycles. The van der Waals surface area contributed by atoms with Crippen LogP contribution in [0.5, 0.6) is 5.75 Å². The zero-order valence-corrected chi connectivity index (χ0v) is 14.2. The van der Waals surface area contributed by atoms with Crippen molar-refractivity contribution >= 4 is 23.2 Å². The van der Waals surface area contributed by atoms with Crippen LogP contribution in [0.2, 0.25) is 10.0 Å². The van der Waals surface area contributed by atoms with Crippen LogP contribution >= 0.6 is 23.2 Å². The fourth-order valence-corrected chi connectivity index (χ4v) is 3.35. The van der Waals surface area contributed by atoms with Crippen LogP contribution in [0.1, 0.15) is 32.3 Å². The third-order valence-corrected chi connectivity index (χ3v) is 4.67. The van der Waals surface area contributed by atoms with Crippen molar-refractivity contribution in [2.24, 2.45) is 5.92 Å². The largest absolute Gasteiger partial charge is 0.506 e. The van der Waals surface area contributed by atoms with Gasteiger partial charge in [0.05, 0.1) is 5.02 Å². The maximum Gasteiger partial charge on any atom is 0.138 e. The predicted molar refractivity (Wildman–Crippen MR) is 89.3 cm³/mol. The van der Waals surface area contributed by atoms with Gasteiger partial charge in [-0.05, 0) is 57.8 Å². The fourth-order valence-electron chi connectivity index (χ4n) is 2.81. The summed E-state index contributed by atoms with van der Waals surface area (Å²) >= 11 is 12.1. The molecule has 1 fully saturated rings. The van der Waals surface area contributed by atoms with Crippen LogP contribution in [0.15, 0.2) is 12.1 Å². The van der Waals surface area contributed by atoms with Gasteiger partial charge in [0.1, 0.15) is 5.75 Å². The maximum atomic E-state index is 10.1. The van der Waals surface area contributed by atoms with E-state index in [9.17, 15) is 5.11 Å². The number of piperidine rings is 1. The van der Waals surface area contributed by atoms with Crippen LogP contribution in [0.25, 0.3) is 0 Å². The standard InChI is InChI=1S/C16H24Cl2N2O/c1-11(2)20(9-12-3-5-19-6-4-12)10-13-7-14(17)8-15(18)16(13)21/h7-8,11-12,19,21H,3-6,9-10H2,1-2H3. The third kappa shape index (κ3) is 4.75. The van der Waals surface area contributed by atoms with Gasteiger partial charge in [0.15, 0.2) is 0 Å². The number of benzene rings is 1. The molecule has 0 bridgehead atoms. The Hall–Kier alpha value is -0.480. The molecule has 2 N–H and O–H groups in total. The Labute approximate surface area is 137 Å². The van der Waals surface area contributed by atoms with Gasteiger partial charge in [-0.15, -0.1) is 0 Å². The van der Waals surface area contributed by atoms with E-state index in [1.54, 1.807) is 12.1 Å². The minimum absolute atomic E-state index is 0.150. The molecule has 1 aromatic rings. The van der Waals surface area contributed by atoms with Crippen molar-refractivity contribution in [2.75, 3.05) is 19.6 Å². The summed E-state index contributed by atoms with van der Waals surface area (Å²) in [5.74, 6) is 0.863. The van der Waals surface area contributed by atoms with Crippen molar-refractivity contribution in [2.45, 2.75) is 39.3 Å². The summed E-state index contributed by atoms with van der Waals surface area (Å²) in [4.78, 5) is 2.39. The van der Waals surface area contributed by atoms with Crippen molar-refractivity contribution in [1.82, 2.24) is 10.2 Å². The number of rotatable bonds is 5. The monoisotopic (exact) mass is 330 g/mol. The van der Waals surface area contributed by atoms with E-state index < -0.39 is 0 Å². The first kappa shape index (κ1) is 16.9. The van der Waals surface area contributed by atoms with Gasteiger partial charge in [-0.2, -0.15) is 0 Å². The number of phenols is 1. The first-order chi connectivity index (χ1) is 9.97. The Morgan fingerprint density at radius 1 is 1.29 bits per heavy atom. The van der Waals surface area contributed by atoms with Gasteiger partial charge < -0.3 is 10.4 Å². The molecule has 0 atom stereocenters. The molecule has 1 saturated heterocycles. The van der Waals surface area contributed by atoms with Crippen LogP contribution in [0.3, 0.4) is 0 Å². The molecule has 1 aliphatic rings. The Balaban J connectivity index is 2.09. The van der Waals surface area contributed by atoms with Gasteiger partial charge in [-0.1, -0.05) is 23.2 Å². The van der Waals surface area contributed by atoms with Gasteiger partial charge in [0.25, 0.3) is 0 Å². The number of hydrogen-bond donors (Lipinski definition) is 2. The number of halogens is 2. The average molecular weight is 331 g/mol. The van der Waals surface area contributed by atoms with Crippen molar-refractivity contribution in [3.8, 4) is 5.75 Å². The molecule has 21 heavy (non-hydrogen) atoms. The van der Waals surface area contributed by atoms with E-state index in [0.717, 1.165) is 25.2 Å². The zero-order valence-electron chi connectivity index (χ0n) is 12.7. The van der Waals surface area contributed by atoms with Crippen molar-refractivity contribution < 1.29 is 5.11 Å². The maximum absolute atomic E-state index is 10.1. The molecule has 118 valence electrons. The molecule has 3 nitrogen and oxygen atoms in total. The van der Waals surface area contributed by atoms with E-state index in [2.05, 4.69) is 24.1 Å². The summed E-state index contributed by atoms with van der Waals surface area (Å²) < 4.78 is 0. The van der Waals surface area contributed by atoms with Gasteiger partial charge in [-0.3, -0.25) is 4.90 Å². The van der Waals surface area contributed by atoms with E-state index in [4.69, 9.17) is 23.2 Å². The van der Waals surface area contributed by atoms with Crippen LogP contribution in [-0.2, 0) is 6.54 Å². The Kier molecular flexibility index (Phi) is 6.18. The Morgan fingerprint density at radius 2 is 1.95 bits per heavy atom. The van der Waals surface area contributed by atoms with Crippen LogP contribution < -0.4 is 5.32 Å². The van der Waals surface area contributed by atoms with Crippen molar-refractivity contribution in [3.05, 3.63) is 27.7 Å². The normalized spacial score (nSPS) is 16.9. The molecule has 1 aliphatic heterocycles. The summed E-state index contributed by atoms with van der Waals surface area (Å²) in [7, 11) is 0. The number of aromatic hydroxyl groups is 1. The number of phenolic OH excluding ortho intramolecular Hbond substituents is 1. The topological polar surface area (TPSA) is 35.5 Å². The van der Waals surface area contributed by atoms with E-state index >= 15 is 0 Å². The average Bonchev–Trinajstić information content (AvgIpc) is 2.44. The van der Waals surface area contributed by atoms with Crippen molar-refractivity contribution in [3.63, 3.8) is 0 Å². The summed E-state index contributed by atoms with van der Waals surface area (Å²) in [6.07, 6.45) is 2.43. The van der Waals surface area contributed by atoms with Gasteiger partial charge in [0, 0.05) is 29.7 Å². The highest BCUT2D eigenvalue weighted by atomic mass is 35.5. The smallest absolute Gasteiger partial charge is 0.138 e. The second-order valence-electron chi connectivity index (χ2n) is 6.11. The molecular weight excluding hydrogens is 307 g/mol. The molecule has 0 spiro atoms. The minimum atomic E-state index is 0.150. The second-order valence-corrected chi connectivity index (χ2v) is 6.96. The zero-order chi connectivity index (χ0) is 15.4. The fraction of sp³-hybridized carbons (Fsp3) is 0.625. The lowest BCUT2D eigenvalue weighted by atomic mass is 9.96. The number of nitrogens with zero attached hydrogens (tertiary/aromatic N) is 1. The lowest BCUT2D eigenvalue weighted by Crippen LogP contribution is -2.39. The molecule has 2 rings (SSSR count). The number of nitrogens with one attached hydrogen (secondary N) is 1. The molecule has 0 amide bonds.